The lowest BCUT2D eigenvalue weighted by atomic mass is 10.1. The third-order valence-electron chi connectivity index (χ3n) is 3.41. The molecule has 117 valence electrons. The van der Waals surface area contributed by atoms with Gasteiger partial charge in [-0.25, -0.2) is 9.50 Å². The van der Waals surface area contributed by atoms with Crippen LogP contribution in [0.3, 0.4) is 0 Å². The maximum Gasteiger partial charge on any atom is 0.252 e. The van der Waals surface area contributed by atoms with Crippen LogP contribution in [-0.4, -0.2) is 20.5 Å². The molecule has 8 heteroatoms. The molecule has 0 saturated heterocycles. The fraction of sp³-hybridized carbons (Fsp3) is 0.133. The predicted octanol–water partition coefficient (Wildman–Crippen LogP) is 2.86. The summed E-state index contributed by atoms with van der Waals surface area (Å²) in [6.45, 7) is 2.17. The van der Waals surface area contributed by atoms with Crippen LogP contribution in [-0.2, 0) is 6.54 Å². The molecule has 0 atom stereocenters. The van der Waals surface area contributed by atoms with Gasteiger partial charge < -0.3 is 11.1 Å². The largest absolute Gasteiger partial charge is 0.365 e. The molecule has 0 spiro atoms. The van der Waals surface area contributed by atoms with E-state index in [2.05, 4.69) is 21.6 Å². The number of amides is 1. The molecule has 3 rings (SSSR count). The first kappa shape index (κ1) is 15.6. The summed E-state index contributed by atoms with van der Waals surface area (Å²) in [5.74, 6) is -0.208. The Labute approximate surface area is 142 Å². The normalized spacial score (nSPS) is 10.9. The zero-order valence-electron chi connectivity index (χ0n) is 12.1. The smallest absolute Gasteiger partial charge is 0.252 e. The fourth-order valence-corrected chi connectivity index (χ4v) is 2.61. The Bertz CT molecular complexity index is 906. The molecule has 3 aromatic rings. The first-order valence-electron chi connectivity index (χ1n) is 6.71. The number of aromatic nitrogens is 3. The van der Waals surface area contributed by atoms with Gasteiger partial charge in [-0.2, -0.15) is 0 Å². The molecule has 0 saturated carbocycles. The van der Waals surface area contributed by atoms with Crippen LogP contribution in [0.25, 0.3) is 5.65 Å². The Morgan fingerprint density at radius 2 is 2.17 bits per heavy atom. The van der Waals surface area contributed by atoms with E-state index < -0.39 is 5.91 Å². The molecule has 1 radical (unpaired) electrons. The number of benzene rings is 1. The molecule has 2 heterocycles. The number of carbonyl (C=O) groups is 1. The van der Waals surface area contributed by atoms with Gasteiger partial charge in [0.25, 0.3) is 5.91 Å². The van der Waals surface area contributed by atoms with Gasteiger partial charge in [0.2, 0.25) is 0 Å². The van der Waals surface area contributed by atoms with Gasteiger partial charge in [0, 0.05) is 12.1 Å². The van der Waals surface area contributed by atoms with E-state index in [1.165, 1.54) is 10.7 Å². The molecule has 2 aromatic heterocycles. The third kappa shape index (κ3) is 2.95. The lowest BCUT2D eigenvalue weighted by Gasteiger charge is -2.12. The molecule has 23 heavy (non-hydrogen) atoms. The quantitative estimate of drug-likeness (QED) is 0.758. The lowest BCUT2D eigenvalue weighted by molar-refractivity contribution is 0.1000. The molecule has 3 N–H and O–H groups in total. The lowest BCUT2D eigenvalue weighted by Crippen LogP contribution is -2.19. The average molecular weight is 349 g/mol. The van der Waals surface area contributed by atoms with Gasteiger partial charge >= 0.3 is 0 Å². The number of imidazole rings is 1. The second kappa shape index (κ2) is 6.06. The first-order chi connectivity index (χ1) is 11.0. The Kier molecular flexibility index (Phi) is 4.11. The highest BCUT2D eigenvalue weighted by atomic mass is 35.5. The summed E-state index contributed by atoms with van der Waals surface area (Å²) in [4.78, 5) is 15.9. The Balaban J connectivity index is 1.96. The van der Waals surface area contributed by atoms with Crippen LogP contribution in [0.4, 0.5) is 5.82 Å². The second-order valence-corrected chi connectivity index (χ2v) is 5.75. The molecule has 0 unspecified atom stereocenters. The van der Waals surface area contributed by atoms with Gasteiger partial charge in [-0.05, 0) is 24.6 Å². The molecule has 0 aliphatic rings. The molecule has 6 nitrogen and oxygen atoms in total. The minimum atomic E-state index is -0.572. The molecule has 0 aliphatic carbocycles. The van der Waals surface area contributed by atoms with Crippen LogP contribution < -0.4 is 11.1 Å². The van der Waals surface area contributed by atoms with Crippen molar-refractivity contribution in [3.63, 3.8) is 0 Å². The van der Waals surface area contributed by atoms with E-state index >= 15 is 0 Å². The number of anilines is 1. The molecule has 0 aliphatic heterocycles. The maximum atomic E-state index is 11.8. The van der Waals surface area contributed by atoms with Crippen molar-refractivity contribution in [1.82, 2.24) is 14.6 Å². The molecule has 1 aromatic carbocycles. The zero-order chi connectivity index (χ0) is 16.6. The summed E-state index contributed by atoms with van der Waals surface area (Å²) >= 11 is 11.9. The summed E-state index contributed by atoms with van der Waals surface area (Å²) < 4.78 is 1.47. The Morgan fingerprint density at radius 1 is 1.39 bits per heavy atom. The van der Waals surface area contributed by atoms with Crippen LogP contribution in [0, 0.1) is 13.1 Å². The average Bonchev–Trinajstić information content (AvgIpc) is 2.97. The minimum absolute atomic E-state index is 0.303. The first-order valence-corrected chi connectivity index (χ1v) is 7.46. The molecular formula is C15H12Cl2N5O. The summed E-state index contributed by atoms with van der Waals surface area (Å²) in [5.41, 5.74) is 7.86. The Morgan fingerprint density at radius 3 is 2.87 bits per heavy atom. The van der Waals surface area contributed by atoms with Crippen LogP contribution in [0.15, 0.2) is 24.4 Å². The van der Waals surface area contributed by atoms with E-state index in [-0.39, 0.29) is 0 Å². The molecule has 1 amide bonds. The summed E-state index contributed by atoms with van der Waals surface area (Å²) in [6, 6.07) is 5.29. The van der Waals surface area contributed by atoms with Gasteiger partial charge in [-0.1, -0.05) is 29.3 Å². The molecule has 0 fully saturated rings. The number of hydrogen-bond acceptors (Lipinski definition) is 4. The number of nitrogens with two attached hydrogens (primary N) is 1. The summed E-state index contributed by atoms with van der Waals surface area (Å²) in [7, 11) is 0. The highest BCUT2D eigenvalue weighted by Crippen LogP contribution is 2.24. The van der Waals surface area contributed by atoms with E-state index in [1.54, 1.807) is 19.1 Å². The van der Waals surface area contributed by atoms with Crippen molar-refractivity contribution >= 4 is 40.6 Å². The third-order valence-corrected chi connectivity index (χ3v) is 4.14. The number of nitrogens with one attached hydrogen (secondary N) is 1. The van der Waals surface area contributed by atoms with Crippen molar-refractivity contribution in [2.24, 2.45) is 5.73 Å². The monoisotopic (exact) mass is 348 g/mol. The second-order valence-electron chi connectivity index (χ2n) is 4.94. The van der Waals surface area contributed by atoms with Gasteiger partial charge in [0.05, 0.1) is 21.8 Å². The zero-order valence-corrected chi connectivity index (χ0v) is 13.6. The van der Waals surface area contributed by atoms with Crippen molar-refractivity contribution in [3.05, 3.63) is 57.3 Å². The highest BCUT2D eigenvalue weighted by molar-refractivity contribution is 6.42. The van der Waals surface area contributed by atoms with Crippen molar-refractivity contribution in [1.29, 1.82) is 0 Å². The van der Waals surface area contributed by atoms with Gasteiger partial charge in [-0.15, -0.1) is 5.10 Å². The number of rotatable bonds is 4. The Hall–Kier alpha value is -2.31. The predicted molar refractivity (Wildman–Crippen MR) is 88.9 cm³/mol. The molecule has 0 bridgehead atoms. The fourth-order valence-electron chi connectivity index (χ4n) is 2.29. The van der Waals surface area contributed by atoms with Crippen molar-refractivity contribution < 1.29 is 4.79 Å². The van der Waals surface area contributed by atoms with Crippen molar-refractivity contribution in [2.75, 3.05) is 5.32 Å². The number of fused-ring (bicyclic) bond motifs is 1. The van der Waals surface area contributed by atoms with Crippen LogP contribution in [0.1, 0.15) is 21.5 Å². The van der Waals surface area contributed by atoms with E-state index in [1.807, 2.05) is 6.07 Å². The number of halogens is 2. The number of aryl methyl sites for hydroxylation is 1. The van der Waals surface area contributed by atoms with E-state index in [9.17, 15) is 4.79 Å². The van der Waals surface area contributed by atoms with E-state index in [0.29, 0.717) is 39.2 Å². The van der Waals surface area contributed by atoms with Gasteiger partial charge in [0.15, 0.2) is 11.5 Å². The van der Waals surface area contributed by atoms with Crippen LogP contribution in [0.2, 0.25) is 10.0 Å². The number of primary amides is 1. The van der Waals surface area contributed by atoms with Crippen LogP contribution >= 0.6 is 23.2 Å². The standard InChI is InChI=1S/C15H12Cl2N5O/c1-8-12(13(18)23)14(21-22-5-4-19-15(8)22)20-7-9-2-3-10(16)11(17)6-9/h2-4,6H,7H2,1H3,(H2,18,23)(H,20,21). The SMILES string of the molecule is Cc1c(C(N)=O)c(NCc2ccc(Cl)c(Cl)c2)nn2[c]cnc12. The van der Waals surface area contributed by atoms with Gasteiger partial charge in [-0.3, -0.25) is 4.79 Å². The summed E-state index contributed by atoms with van der Waals surface area (Å²) in [5, 5.41) is 8.34. The number of carbonyl (C=O) groups excluding carboxylic acids is 1. The molecular weight excluding hydrogens is 337 g/mol. The van der Waals surface area contributed by atoms with Crippen molar-refractivity contribution in [2.45, 2.75) is 13.5 Å². The topological polar surface area (TPSA) is 85.3 Å². The highest BCUT2D eigenvalue weighted by Gasteiger charge is 2.17. The van der Waals surface area contributed by atoms with E-state index in [0.717, 1.165) is 5.56 Å². The minimum Gasteiger partial charge on any atom is -0.365 e. The maximum absolute atomic E-state index is 11.8. The van der Waals surface area contributed by atoms with Crippen molar-refractivity contribution in [3.8, 4) is 0 Å². The number of hydrogen-bond donors (Lipinski definition) is 2. The van der Waals surface area contributed by atoms with Gasteiger partial charge in [0.1, 0.15) is 6.20 Å². The summed E-state index contributed by atoms with van der Waals surface area (Å²) in [6.07, 6.45) is 4.33. The van der Waals surface area contributed by atoms with Crippen LogP contribution in [0.5, 0.6) is 0 Å². The van der Waals surface area contributed by atoms with E-state index in [4.69, 9.17) is 28.9 Å². The number of nitrogens with zero attached hydrogens (tertiary/aromatic N) is 3.